The molecule has 0 radical (unpaired) electrons. The Morgan fingerprint density at radius 1 is 0.969 bits per heavy atom. The first-order chi connectivity index (χ1) is 15.7. The van der Waals surface area contributed by atoms with Gasteiger partial charge in [-0.2, -0.15) is 0 Å². The average molecular weight is 444 g/mol. The van der Waals surface area contributed by atoms with Crippen LogP contribution in [-0.4, -0.2) is 34.6 Å². The summed E-state index contributed by atoms with van der Waals surface area (Å²) >= 11 is 1.59. The van der Waals surface area contributed by atoms with E-state index >= 15 is 0 Å². The van der Waals surface area contributed by atoms with E-state index < -0.39 is 0 Å². The normalized spacial score (nSPS) is 15.4. The van der Waals surface area contributed by atoms with Gasteiger partial charge in [0.2, 0.25) is 0 Å². The van der Waals surface area contributed by atoms with Gasteiger partial charge in [0.25, 0.3) is 5.56 Å². The third kappa shape index (κ3) is 3.91. The highest BCUT2D eigenvalue weighted by Gasteiger charge is 2.24. The first-order valence-corrected chi connectivity index (χ1v) is 12.4. The molecular formula is C27H29N3OS. The standard InChI is InChI=1S/C27H29N3OS/c1-3-7-24-28-26-25(27(31)30(24)22-14-16-29(2)17-15-22)23(18-32-26)21-12-10-20(11-13-21)19-8-5-4-6-9-19/h4-6,8-13,18,22H,3,7,14-17H2,1-2H3. The van der Waals surface area contributed by atoms with Gasteiger partial charge in [0.1, 0.15) is 10.7 Å². The van der Waals surface area contributed by atoms with Gasteiger partial charge in [0, 0.05) is 23.4 Å². The molecule has 3 heterocycles. The van der Waals surface area contributed by atoms with Crippen LogP contribution in [0.2, 0.25) is 0 Å². The molecular weight excluding hydrogens is 414 g/mol. The van der Waals surface area contributed by atoms with Crippen LogP contribution >= 0.6 is 11.3 Å². The van der Waals surface area contributed by atoms with Crippen molar-refractivity contribution in [3.8, 4) is 22.3 Å². The molecule has 1 aliphatic rings. The number of hydrogen-bond donors (Lipinski definition) is 0. The van der Waals surface area contributed by atoms with E-state index in [0.29, 0.717) is 0 Å². The fourth-order valence-corrected chi connectivity index (χ4v) is 5.72. The molecule has 1 fully saturated rings. The molecule has 2 aromatic heterocycles. The molecule has 164 valence electrons. The van der Waals surface area contributed by atoms with Gasteiger partial charge in [-0.05, 0) is 56.1 Å². The van der Waals surface area contributed by atoms with Gasteiger partial charge in [-0.15, -0.1) is 11.3 Å². The monoisotopic (exact) mass is 443 g/mol. The van der Waals surface area contributed by atoms with Crippen LogP contribution in [0, 0.1) is 0 Å². The largest absolute Gasteiger partial charge is 0.306 e. The Hall–Kier alpha value is -2.76. The van der Waals surface area contributed by atoms with E-state index in [4.69, 9.17) is 4.98 Å². The third-order valence-corrected chi connectivity index (χ3v) is 7.42. The van der Waals surface area contributed by atoms with Crippen molar-refractivity contribution in [3.05, 3.63) is 76.2 Å². The summed E-state index contributed by atoms with van der Waals surface area (Å²) in [5.74, 6) is 0.951. The number of aromatic nitrogens is 2. The second-order valence-electron chi connectivity index (χ2n) is 8.76. The number of aryl methyl sites for hydroxylation is 1. The molecule has 0 unspecified atom stereocenters. The summed E-state index contributed by atoms with van der Waals surface area (Å²) in [7, 11) is 2.16. The molecule has 0 saturated carbocycles. The van der Waals surface area contributed by atoms with Gasteiger partial charge in [0.15, 0.2) is 0 Å². The number of hydrogen-bond acceptors (Lipinski definition) is 4. The summed E-state index contributed by atoms with van der Waals surface area (Å²) in [6, 6.07) is 19.2. The predicted octanol–water partition coefficient (Wildman–Crippen LogP) is 6.01. The van der Waals surface area contributed by atoms with Crippen LogP contribution in [0.4, 0.5) is 0 Å². The van der Waals surface area contributed by atoms with E-state index in [2.05, 4.69) is 72.8 Å². The highest BCUT2D eigenvalue weighted by Crippen LogP contribution is 2.33. The first kappa shape index (κ1) is 21.1. The average Bonchev–Trinajstić information content (AvgIpc) is 3.25. The number of likely N-dealkylation sites (tertiary alicyclic amines) is 1. The summed E-state index contributed by atoms with van der Waals surface area (Å²) in [4.78, 5) is 22.1. The molecule has 0 N–H and O–H groups in total. The molecule has 0 amide bonds. The Bertz CT molecular complexity index is 1270. The molecule has 0 aliphatic carbocycles. The fourth-order valence-electron chi connectivity index (χ4n) is 4.76. The molecule has 0 atom stereocenters. The van der Waals surface area contributed by atoms with E-state index in [1.807, 2.05) is 10.6 Å². The van der Waals surface area contributed by atoms with Gasteiger partial charge in [0.05, 0.1) is 5.39 Å². The van der Waals surface area contributed by atoms with Crippen molar-refractivity contribution in [1.82, 2.24) is 14.5 Å². The lowest BCUT2D eigenvalue weighted by Crippen LogP contribution is -2.37. The smallest absolute Gasteiger partial charge is 0.263 e. The fraction of sp³-hybridized carbons (Fsp3) is 0.333. The van der Waals surface area contributed by atoms with Crippen molar-refractivity contribution >= 4 is 21.6 Å². The van der Waals surface area contributed by atoms with Crippen LogP contribution < -0.4 is 5.56 Å². The van der Waals surface area contributed by atoms with Crippen LogP contribution in [0.3, 0.4) is 0 Å². The predicted molar refractivity (Wildman–Crippen MR) is 135 cm³/mol. The topological polar surface area (TPSA) is 38.1 Å². The molecule has 5 heteroatoms. The van der Waals surface area contributed by atoms with Crippen LogP contribution in [0.15, 0.2) is 64.8 Å². The van der Waals surface area contributed by atoms with Crippen molar-refractivity contribution in [1.29, 1.82) is 0 Å². The SMILES string of the molecule is CCCc1nc2scc(-c3ccc(-c4ccccc4)cc3)c2c(=O)n1C1CCN(C)CC1. The highest BCUT2D eigenvalue weighted by atomic mass is 32.1. The lowest BCUT2D eigenvalue weighted by molar-refractivity contribution is 0.215. The third-order valence-electron chi connectivity index (χ3n) is 6.54. The second kappa shape index (κ2) is 9.00. The Labute approximate surface area is 193 Å². The van der Waals surface area contributed by atoms with Crippen molar-refractivity contribution in [2.24, 2.45) is 0 Å². The molecule has 5 rings (SSSR count). The van der Waals surface area contributed by atoms with E-state index in [1.54, 1.807) is 11.3 Å². The van der Waals surface area contributed by atoms with Gasteiger partial charge in [-0.25, -0.2) is 4.98 Å². The Kier molecular flexibility index (Phi) is 5.94. The Balaban J connectivity index is 1.59. The molecule has 2 aromatic carbocycles. The van der Waals surface area contributed by atoms with Gasteiger partial charge < -0.3 is 4.90 Å². The second-order valence-corrected chi connectivity index (χ2v) is 9.62. The number of nitrogens with zero attached hydrogens (tertiary/aromatic N) is 3. The number of piperidine rings is 1. The summed E-state index contributed by atoms with van der Waals surface area (Å²) in [5.41, 5.74) is 4.60. The van der Waals surface area contributed by atoms with Crippen LogP contribution in [0.1, 0.15) is 38.1 Å². The minimum Gasteiger partial charge on any atom is -0.306 e. The zero-order valence-corrected chi connectivity index (χ0v) is 19.6. The molecule has 1 saturated heterocycles. The van der Waals surface area contributed by atoms with Crippen LogP contribution in [0.25, 0.3) is 32.5 Å². The maximum atomic E-state index is 13.9. The maximum absolute atomic E-state index is 13.9. The van der Waals surface area contributed by atoms with Crippen molar-refractivity contribution in [2.75, 3.05) is 20.1 Å². The molecule has 32 heavy (non-hydrogen) atoms. The van der Waals surface area contributed by atoms with Gasteiger partial charge in [-0.3, -0.25) is 9.36 Å². The van der Waals surface area contributed by atoms with Crippen molar-refractivity contribution < 1.29 is 0 Å². The summed E-state index contributed by atoms with van der Waals surface area (Å²) in [6.07, 6.45) is 3.84. The number of rotatable bonds is 5. The summed E-state index contributed by atoms with van der Waals surface area (Å²) < 4.78 is 2.04. The van der Waals surface area contributed by atoms with Gasteiger partial charge >= 0.3 is 0 Å². The molecule has 0 bridgehead atoms. The lowest BCUT2D eigenvalue weighted by atomic mass is 10.0. The molecule has 1 aliphatic heterocycles. The van der Waals surface area contributed by atoms with E-state index in [-0.39, 0.29) is 11.6 Å². The first-order valence-electron chi connectivity index (χ1n) is 11.5. The zero-order chi connectivity index (χ0) is 22.1. The van der Waals surface area contributed by atoms with E-state index in [0.717, 1.165) is 65.9 Å². The lowest BCUT2D eigenvalue weighted by Gasteiger charge is -2.31. The van der Waals surface area contributed by atoms with Crippen molar-refractivity contribution in [2.45, 2.75) is 38.6 Å². The number of thiophene rings is 1. The number of fused-ring (bicyclic) bond motifs is 1. The van der Waals surface area contributed by atoms with Crippen LogP contribution in [-0.2, 0) is 6.42 Å². The molecule has 4 aromatic rings. The maximum Gasteiger partial charge on any atom is 0.263 e. The quantitative estimate of drug-likeness (QED) is 0.379. The van der Waals surface area contributed by atoms with Gasteiger partial charge in [-0.1, -0.05) is 61.5 Å². The van der Waals surface area contributed by atoms with Crippen LogP contribution in [0.5, 0.6) is 0 Å². The summed E-state index contributed by atoms with van der Waals surface area (Å²) in [5, 5.41) is 2.88. The molecule has 0 spiro atoms. The minimum atomic E-state index is 0.136. The highest BCUT2D eigenvalue weighted by molar-refractivity contribution is 7.17. The Morgan fingerprint density at radius 2 is 1.62 bits per heavy atom. The number of benzene rings is 2. The van der Waals surface area contributed by atoms with E-state index in [1.165, 1.54) is 11.1 Å². The Morgan fingerprint density at radius 3 is 2.31 bits per heavy atom. The summed E-state index contributed by atoms with van der Waals surface area (Å²) in [6.45, 7) is 4.21. The van der Waals surface area contributed by atoms with Crippen molar-refractivity contribution in [3.63, 3.8) is 0 Å². The minimum absolute atomic E-state index is 0.136. The van der Waals surface area contributed by atoms with E-state index in [9.17, 15) is 4.79 Å². The molecule has 4 nitrogen and oxygen atoms in total. The zero-order valence-electron chi connectivity index (χ0n) is 18.8.